The molecule has 0 bridgehead atoms. The van der Waals surface area contributed by atoms with E-state index in [1.54, 1.807) is 10.4 Å². The van der Waals surface area contributed by atoms with Gasteiger partial charge in [0, 0.05) is 0 Å². The topological polar surface area (TPSA) is 0 Å². The van der Waals surface area contributed by atoms with Gasteiger partial charge < -0.3 is 0 Å². The Morgan fingerprint density at radius 2 is 1.04 bits per heavy atom. The minimum Gasteiger partial charge on any atom is -0.147 e. The molecule has 6 heteroatoms. The Balaban J connectivity index is 0.00000264. The molecule has 0 spiro atoms. The van der Waals surface area contributed by atoms with Crippen molar-refractivity contribution in [3.8, 4) is 0 Å². The summed E-state index contributed by atoms with van der Waals surface area (Å²) in [4.78, 5) is 0. The Hall–Kier alpha value is 1.06. The molecular weight excluding hydrogens is 550 g/mol. The molecule has 0 amide bonds. The summed E-state index contributed by atoms with van der Waals surface area (Å²) >= 11 is -3.01. The van der Waals surface area contributed by atoms with E-state index in [4.69, 9.17) is 0 Å². The van der Waals surface area contributed by atoms with Crippen LogP contribution < -0.4 is 0 Å². The van der Waals surface area contributed by atoms with Gasteiger partial charge in [0.15, 0.2) is 0 Å². The van der Waals surface area contributed by atoms with Gasteiger partial charge in [0.2, 0.25) is 0 Å². The molecule has 2 rings (SSSR count). The Bertz CT molecular complexity index is 639. The fourth-order valence-corrected chi connectivity index (χ4v) is 22.5. The van der Waals surface area contributed by atoms with Gasteiger partial charge >= 0.3 is 143 Å². The Morgan fingerprint density at radius 3 is 1.25 bits per heavy atom. The second kappa shape index (κ2) is 7.59. The van der Waals surface area contributed by atoms with Crippen LogP contribution >= 0.6 is 24.8 Å². The summed E-state index contributed by atoms with van der Waals surface area (Å²) in [5.41, 5.74) is 0. The monoisotopic (exact) mass is 586 g/mol. The molecule has 0 unspecified atom stereocenters. The van der Waals surface area contributed by atoms with Crippen LogP contribution in [0.5, 0.6) is 0 Å². The van der Waals surface area contributed by atoms with Gasteiger partial charge in [-0.25, -0.2) is 0 Å². The predicted molar refractivity (Wildman–Crippen MR) is 123 cm³/mol. The minimum absolute atomic E-state index is 0. The Kier molecular flexibility index (Phi) is 7.92. The van der Waals surface area contributed by atoms with Crippen LogP contribution in [0.25, 0.3) is 0 Å². The maximum absolute atomic E-state index is 3.01. The molecule has 24 heavy (non-hydrogen) atoms. The summed E-state index contributed by atoms with van der Waals surface area (Å²) in [6.07, 6.45) is 12.9. The standard InChI is InChI=1S/2C8H13Si.2CH3.2ClH.Hf.H2Si/c2*1-9(2,3)8-6-4-5-7-8;;;;;;/h2*6-7H,4H2,1-3H3;2*1H3;2*1H;;1H2. The molecule has 0 radical (unpaired) electrons. The average Bonchev–Trinajstić information content (AvgIpc) is 2.97. The molecule has 0 heterocycles. The van der Waals surface area contributed by atoms with Crippen LogP contribution in [0.2, 0.25) is 48.6 Å². The molecule has 0 fully saturated rings. The predicted octanol–water partition coefficient (Wildman–Crippen LogP) is 6.35. The van der Waals surface area contributed by atoms with E-state index >= 15 is 0 Å². The molecule has 0 aromatic carbocycles. The first-order valence-electron chi connectivity index (χ1n) is 8.61. The first-order valence-corrected chi connectivity index (χ1v) is 34.7. The summed E-state index contributed by atoms with van der Waals surface area (Å²) in [7, 11) is -2.33. The van der Waals surface area contributed by atoms with Crippen LogP contribution in [0.1, 0.15) is 12.8 Å². The van der Waals surface area contributed by atoms with Crippen molar-refractivity contribution in [2.45, 2.75) is 61.5 Å². The van der Waals surface area contributed by atoms with Gasteiger partial charge in [-0.3, -0.25) is 0 Å². The molecule has 0 saturated carbocycles. The largest absolute Gasteiger partial charge is 0.147 e. The molecule has 0 aliphatic heterocycles. The summed E-state index contributed by atoms with van der Waals surface area (Å²) < 4.78 is 9.03. The number of halogens is 2. The van der Waals surface area contributed by atoms with E-state index in [1.165, 1.54) is 12.8 Å². The maximum Gasteiger partial charge on any atom is -0.147 e. The molecule has 0 aromatic heterocycles. The normalized spacial score (nSPS) is 18.9. The first kappa shape index (κ1) is 25.1. The van der Waals surface area contributed by atoms with E-state index in [9.17, 15) is 0 Å². The van der Waals surface area contributed by atoms with E-state index in [-0.39, 0.29) is 24.8 Å². The summed E-state index contributed by atoms with van der Waals surface area (Å²) in [5, 5.41) is 3.38. The summed E-state index contributed by atoms with van der Waals surface area (Å²) in [5.74, 6) is 0. The number of hydrogen-bond donors (Lipinski definition) is 0. The molecule has 2 aliphatic carbocycles. The number of allylic oxidation sites excluding steroid dienone is 8. The van der Waals surface area contributed by atoms with Crippen molar-refractivity contribution in [2.24, 2.45) is 0 Å². The molecule has 0 saturated heterocycles. The van der Waals surface area contributed by atoms with Crippen molar-refractivity contribution in [3.05, 3.63) is 41.4 Å². The van der Waals surface area contributed by atoms with Crippen molar-refractivity contribution in [2.75, 3.05) is 0 Å². The van der Waals surface area contributed by atoms with Gasteiger partial charge in [0.05, 0.1) is 0 Å². The number of hydrogen-bond acceptors (Lipinski definition) is 0. The summed E-state index contributed by atoms with van der Waals surface area (Å²) in [6.45, 7) is 17.3. The maximum atomic E-state index is 2.68. The number of rotatable bonds is 4. The average molecular weight is 586 g/mol. The van der Waals surface area contributed by atoms with Crippen molar-refractivity contribution in [3.63, 3.8) is 0 Å². The molecule has 138 valence electrons. The molecule has 0 nitrogen and oxygen atoms in total. The fraction of sp³-hybridized carbons (Fsp3) is 0.556. The zero-order valence-corrected chi connectivity index (χ0v) is 25.4. The van der Waals surface area contributed by atoms with Crippen LogP contribution in [0.3, 0.4) is 0 Å². The smallest absolute Gasteiger partial charge is 0.147 e. The van der Waals surface area contributed by atoms with Crippen LogP contribution in [0.4, 0.5) is 0 Å². The van der Waals surface area contributed by atoms with E-state index < -0.39 is 33.3 Å². The van der Waals surface area contributed by atoms with Gasteiger partial charge in [-0.15, -0.1) is 24.8 Å². The quantitative estimate of drug-likeness (QED) is 0.338. The van der Waals surface area contributed by atoms with Gasteiger partial charge in [0.1, 0.15) is 0 Å². The van der Waals surface area contributed by atoms with Gasteiger partial charge in [0.25, 0.3) is 0 Å². The molecule has 0 atom stereocenters. The second-order valence-electron chi connectivity index (χ2n) is 10.3. The second-order valence-corrected chi connectivity index (χ2v) is 61.7. The van der Waals surface area contributed by atoms with Crippen LogP contribution in [-0.2, 0) is 17.1 Å². The van der Waals surface area contributed by atoms with E-state index in [1.807, 2.05) is 6.66 Å². The third kappa shape index (κ3) is 5.07. The van der Waals surface area contributed by atoms with Crippen molar-refractivity contribution >= 4 is 47.9 Å². The minimum atomic E-state index is -3.01. The van der Waals surface area contributed by atoms with Crippen LogP contribution in [0, 0.1) is 0 Å². The fourth-order valence-electron chi connectivity index (χ4n) is 3.42. The summed E-state index contributed by atoms with van der Waals surface area (Å²) in [6, 6.07) is 0. The molecule has 0 N–H and O–H groups in total. The van der Waals surface area contributed by atoms with Gasteiger partial charge in [-0.2, -0.15) is 0 Å². The zero-order valence-electron chi connectivity index (χ0n) is 16.7. The van der Waals surface area contributed by atoms with E-state index in [0.29, 0.717) is 0 Å². The SMILES string of the molecule is C[Si](C)(C)C1=CC[C]([Hf]([CH3])([CH3])(=[SiH2])[C]2=CC([Si](C)(C)C)=CC2)=C1.Cl.Cl. The molecule has 2 aliphatic rings. The van der Waals surface area contributed by atoms with Gasteiger partial charge in [-0.1, -0.05) is 0 Å². The third-order valence-corrected chi connectivity index (χ3v) is 34.4. The zero-order chi connectivity index (χ0) is 17.0. The van der Waals surface area contributed by atoms with Crippen molar-refractivity contribution in [1.82, 2.24) is 0 Å². The first-order chi connectivity index (χ1) is 9.70. The van der Waals surface area contributed by atoms with Crippen LogP contribution in [-0.4, -0.2) is 23.1 Å². The van der Waals surface area contributed by atoms with Crippen LogP contribution in [0.15, 0.2) is 41.4 Å². The van der Waals surface area contributed by atoms with E-state index in [0.717, 1.165) is 0 Å². The Morgan fingerprint density at radius 1 is 0.750 bits per heavy atom. The third-order valence-electron chi connectivity index (χ3n) is 5.53. The Labute approximate surface area is 166 Å². The van der Waals surface area contributed by atoms with Crippen molar-refractivity contribution in [1.29, 1.82) is 0 Å². The van der Waals surface area contributed by atoms with Crippen molar-refractivity contribution < 1.29 is 17.1 Å². The van der Waals surface area contributed by atoms with Gasteiger partial charge in [-0.05, 0) is 0 Å². The molecular formula is C18H36Cl2HfSi3. The van der Waals surface area contributed by atoms with E-state index in [2.05, 4.69) is 79.9 Å². The molecule has 0 aromatic rings.